The number of hydrogen-bond donors (Lipinski definition) is 0. The van der Waals surface area contributed by atoms with Crippen LogP contribution in [0, 0.1) is 0 Å². The van der Waals surface area contributed by atoms with Gasteiger partial charge in [-0.15, -0.1) is 11.3 Å². The number of alkyl halides is 2. The normalized spacial score (nSPS) is 13.4. The van der Waals surface area contributed by atoms with Crippen molar-refractivity contribution < 1.29 is 22.5 Å². The summed E-state index contributed by atoms with van der Waals surface area (Å²) in [5.74, 6) is -1.80. The van der Waals surface area contributed by atoms with Crippen LogP contribution in [0.25, 0.3) is 10.2 Å². The Morgan fingerprint density at radius 2 is 2.16 bits per heavy atom. The van der Waals surface area contributed by atoms with Gasteiger partial charge >= 0.3 is 11.2 Å². The first-order valence-electron chi connectivity index (χ1n) is 5.29. The van der Waals surface area contributed by atoms with Crippen LogP contribution in [-0.2, 0) is 20.3 Å². The van der Waals surface area contributed by atoms with Crippen LogP contribution in [-0.4, -0.2) is 27.0 Å². The highest BCUT2D eigenvalue weighted by molar-refractivity contribution is 7.89. The zero-order chi connectivity index (χ0) is 14.0. The standard InChI is InChI=1S/C11H9F2NO3S2/c1-2-17-9(15)11(12,13)19(16)10-14-7-5-3-4-6-8(7)18-10/h3-6H,2H2,1H3/t19-/m1/s1. The number of benzene rings is 1. The van der Waals surface area contributed by atoms with Crippen molar-refractivity contribution in [2.24, 2.45) is 0 Å². The van der Waals surface area contributed by atoms with Gasteiger partial charge in [0.1, 0.15) is 0 Å². The second-order valence-electron chi connectivity index (χ2n) is 3.45. The Labute approximate surface area is 113 Å². The maximum atomic E-state index is 13.6. The number of ether oxygens (including phenoxy) is 1. The Kier molecular flexibility index (Phi) is 3.91. The average molecular weight is 305 g/mol. The first-order valence-corrected chi connectivity index (χ1v) is 7.26. The van der Waals surface area contributed by atoms with Gasteiger partial charge in [0, 0.05) is 0 Å². The number of carbonyl (C=O) groups excluding carboxylic acids is 1. The molecule has 2 rings (SSSR count). The van der Waals surface area contributed by atoms with Gasteiger partial charge in [0.05, 0.1) is 16.8 Å². The Morgan fingerprint density at radius 1 is 1.47 bits per heavy atom. The second-order valence-corrected chi connectivity index (χ2v) is 6.18. The lowest BCUT2D eigenvalue weighted by molar-refractivity contribution is -0.159. The average Bonchev–Trinajstić information content (AvgIpc) is 2.81. The quantitative estimate of drug-likeness (QED) is 0.815. The third-order valence-corrected chi connectivity index (χ3v) is 4.75. The van der Waals surface area contributed by atoms with Gasteiger partial charge in [0.15, 0.2) is 15.1 Å². The van der Waals surface area contributed by atoms with E-state index in [1.165, 1.54) is 6.92 Å². The van der Waals surface area contributed by atoms with Crippen LogP contribution in [0.5, 0.6) is 0 Å². The predicted octanol–water partition coefficient (Wildman–Crippen LogP) is 2.56. The molecule has 102 valence electrons. The molecule has 0 aliphatic heterocycles. The van der Waals surface area contributed by atoms with E-state index in [1.54, 1.807) is 24.3 Å². The molecule has 0 aliphatic rings. The molecule has 0 saturated heterocycles. The van der Waals surface area contributed by atoms with Crippen molar-refractivity contribution in [3.05, 3.63) is 24.3 Å². The molecular weight excluding hydrogens is 296 g/mol. The van der Waals surface area contributed by atoms with E-state index in [1.807, 2.05) is 0 Å². The number of nitrogens with zero attached hydrogens (tertiary/aromatic N) is 1. The molecule has 0 unspecified atom stereocenters. The molecule has 0 aliphatic carbocycles. The van der Waals surface area contributed by atoms with Crippen molar-refractivity contribution in [2.45, 2.75) is 16.5 Å². The fraction of sp³-hybridized carbons (Fsp3) is 0.273. The van der Waals surface area contributed by atoms with Crippen molar-refractivity contribution in [2.75, 3.05) is 6.61 Å². The van der Waals surface area contributed by atoms with Gasteiger partial charge in [-0.2, -0.15) is 8.78 Å². The number of carbonyl (C=O) groups is 1. The first-order chi connectivity index (χ1) is 8.96. The number of halogens is 2. The molecule has 0 spiro atoms. The van der Waals surface area contributed by atoms with Gasteiger partial charge in [0.2, 0.25) is 0 Å². The lowest BCUT2D eigenvalue weighted by Crippen LogP contribution is -2.35. The highest BCUT2D eigenvalue weighted by atomic mass is 32.2. The number of esters is 1. The van der Waals surface area contributed by atoms with E-state index in [4.69, 9.17) is 0 Å². The van der Waals surface area contributed by atoms with Crippen molar-refractivity contribution >= 4 is 38.3 Å². The van der Waals surface area contributed by atoms with Crippen LogP contribution < -0.4 is 0 Å². The number of thiazole rings is 1. The van der Waals surface area contributed by atoms with E-state index < -0.39 is 22.0 Å². The third kappa shape index (κ3) is 2.64. The Hall–Kier alpha value is -1.41. The van der Waals surface area contributed by atoms with E-state index in [-0.39, 0.29) is 10.9 Å². The van der Waals surface area contributed by atoms with E-state index >= 15 is 0 Å². The van der Waals surface area contributed by atoms with Gasteiger partial charge in [-0.3, -0.25) is 0 Å². The Morgan fingerprint density at radius 3 is 2.79 bits per heavy atom. The molecular formula is C11H9F2NO3S2. The van der Waals surface area contributed by atoms with Gasteiger partial charge in [-0.05, 0) is 19.1 Å². The molecule has 0 bridgehead atoms. The van der Waals surface area contributed by atoms with Crippen molar-refractivity contribution in [3.8, 4) is 0 Å². The molecule has 0 fully saturated rings. The number of rotatable bonds is 4. The van der Waals surface area contributed by atoms with Gasteiger partial charge in [-0.25, -0.2) is 14.0 Å². The Balaban J connectivity index is 2.35. The minimum Gasteiger partial charge on any atom is -0.461 e. The van der Waals surface area contributed by atoms with Crippen LogP contribution in [0.15, 0.2) is 28.6 Å². The lowest BCUT2D eigenvalue weighted by Gasteiger charge is -2.11. The molecule has 1 aromatic heterocycles. The number of aromatic nitrogens is 1. The zero-order valence-electron chi connectivity index (χ0n) is 9.76. The molecule has 1 aromatic carbocycles. The molecule has 4 nitrogen and oxygen atoms in total. The summed E-state index contributed by atoms with van der Waals surface area (Å²) in [6.45, 7) is 1.19. The van der Waals surface area contributed by atoms with Crippen molar-refractivity contribution in [1.29, 1.82) is 0 Å². The van der Waals surface area contributed by atoms with Crippen molar-refractivity contribution in [1.82, 2.24) is 4.98 Å². The van der Waals surface area contributed by atoms with Crippen LogP contribution in [0.3, 0.4) is 0 Å². The van der Waals surface area contributed by atoms with E-state index in [2.05, 4.69) is 9.72 Å². The SMILES string of the molecule is CCOC(=O)C(F)(F)[S@](=O)c1nc2ccccc2s1. The lowest BCUT2D eigenvalue weighted by atomic mass is 10.3. The maximum absolute atomic E-state index is 13.6. The van der Waals surface area contributed by atoms with Crippen LogP contribution >= 0.6 is 11.3 Å². The van der Waals surface area contributed by atoms with Gasteiger partial charge in [-0.1, -0.05) is 12.1 Å². The number of para-hydroxylation sites is 1. The first kappa shape index (κ1) is 14.0. The Bertz CT molecular complexity index is 609. The summed E-state index contributed by atoms with van der Waals surface area (Å²) >= 11 is 0.869. The molecule has 1 atom stereocenters. The minimum atomic E-state index is -4.09. The molecule has 0 radical (unpaired) electrons. The molecule has 8 heteroatoms. The summed E-state index contributed by atoms with van der Waals surface area (Å²) in [4.78, 5) is 15.0. The molecule has 0 amide bonds. The molecule has 1 heterocycles. The monoisotopic (exact) mass is 305 g/mol. The van der Waals surface area contributed by atoms with E-state index in [0.29, 0.717) is 10.2 Å². The second kappa shape index (κ2) is 5.30. The highest BCUT2D eigenvalue weighted by Gasteiger charge is 2.49. The maximum Gasteiger partial charge on any atom is 0.422 e. The highest BCUT2D eigenvalue weighted by Crippen LogP contribution is 2.31. The zero-order valence-corrected chi connectivity index (χ0v) is 11.4. The number of hydrogen-bond acceptors (Lipinski definition) is 5. The largest absolute Gasteiger partial charge is 0.461 e. The van der Waals surface area contributed by atoms with Crippen molar-refractivity contribution in [3.63, 3.8) is 0 Å². The van der Waals surface area contributed by atoms with Gasteiger partial charge in [0.25, 0.3) is 0 Å². The topological polar surface area (TPSA) is 56.3 Å². The van der Waals surface area contributed by atoms with Gasteiger partial charge < -0.3 is 4.74 Å². The predicted molar refractivity (Wildman–Crippen MR) is 67.6 cm³/mol. The summed E-state index contributed by atoms with van der Waals surface area (Å²) < 4.78 is 43.5. The third-order valence-electron chi connectivity index (χ3n) is 2.18. The number of fused-ring (bicyclic) bond motifs is 1. The smallest absolute Gasteiger partial charge is 0.422 e. The summed E-state index contributed by atoms with van der Waals surface area (Å²) in [7, 11) is -2.86. The summed E-state index contributed by atoms with van der Waals surface area (Å²) in [5.41, 5.74) is 0.468. The van der Waals surface area contributed by atoms with Crippen LogP contribution in [0.4, 0.5) is 8.78 Å². The fourth-order valence-electron chi connectivity index (χ4n) is 1.33. The summed E-state index contributed by atoms with van der Waals surface area (Å²) in [6, 6.07) is 6.71. The van der Waals surface area contributed by atoms with E-state index in [0.717, 1.165) is 11.3 Å². The fourth-order valence-corrected chi connectivity index (χ4v) is 3.52. The molecule has 2 aromatic rings. The molecule has 0 N–H and O–H groups in total. The molecule has 0 saturated carbocycles. The van der Waals surface area contributed by atoms with Crippen LogP contribution in [0.2, 0.25) is 0 Å². The molecule has 19 heavy (non-hydrogen) atoms. The minimum absolute atomic E-state index is 0.203. The van der Waals surface area contributed by atoms with Crippen LogP contribution in [0.1, 0.15) is 6.92 Å². The summed E-state index contributed by atoms with van der Waals surface area (Å²) in [5, 5.41) is -4.09. The van der Waals surface area contributed by atoms with E-state index in [9.17, 15) is 17.8 Å². The summed E-state index contributed by atoms with van der Waals surface area (Å²) in [6.07, 6.45) is 0.